The van der Waals surface area contributed by atoms with Crippen LogP contribution >= 0.6 is 22.9 Å². The van der Waals surface area contributed by atoms with E-state index in [-0.39, 0.29) is 0 Å². The van der Waals surface area contributed by atoms with Gasteiger partial charge in [0.1, 0.15) is 17.4 Å². The topological polar surface area (TPSA) is 22.1 Å². The van der Waals surface area contributed by atoms with Gasteiger partial charge in [0.25, 0.3) is 0 Å². The summed E-state index contributed by atoms with van der Waals surface area (Å²) in [6, 6.07) is 12.1. The SMILES string of the molecule is Cc1nc(-c2ccc(C(F)(F)F)cc2)sc1COc1cccc(Cl)c1. The molecule has 0 N–H and O–H groups in total. The van der Waals surface area contributed by atoms with E-state index in [1.54, 1.807) is 24.3 Å². The molecule has 0 saturated heterocycles. The molecule has 0 atom stereocenters. The van der Waals surface area contributed by atoms with Crippen molar-refractivity contribution in [1.82, 2.24) is 4.98 Å². The third kappa shape index (κ3) is 4.32. The molecule has 130 valence electrons. The van der Waals surface area contributed by atoms with Gasteiger partial charge in [-0.3, -0.25) is 0 Å². The molecule has 0 aliphatic rings. The van der Waals surface area contributed by atoms with Crippen LogP contribution in [0.4, 0.5) is 13.2 Å². The lowest BCUT2D eigenvalue weighted by atomic mass is 10.1. The van der Waals surface area contributed by atoms with Crippen molar-refractivity contribution >= 4 is 22.9 Å². The van der Waals surface area contributed by atoms with Gasteiger partial charge in [0.2, 0.25) is 0 Å². The third-order valence-corrected chi connectivity index (χ3v) is 4.93. The van der Waals surface area contributed by atoms with Gasteiger partial charge in [-0.25, -0.2) is 4.98 Å². The van der Waals surface area contributed by atoms with Crippen molar-refractivity contribution in [2.24, 2.45) is 0 Å². The van der Waals surface area contributed by atoms with Crippen molar-refractivity contribution in [3.63, 3.8) is 0 Å². The minimum atomic E-state index is -4.34. The lowest BCUT2D eigenvalue weighted by molar-refractivity contribution is -0.137. The Morgan fingerprint density at radius 2 is 1.84 bits per heavy atom. The summed E-state index contributed by atoms with van der Waals surface area (Å²) >= 11 is 7.32. The zero-order valence-corrected chi connectivity index (χ0v) is 14.7. The van der Waals surface area contributed by atoms with Crippen molar-refractivity contribution < 1.29 is 17.9 Å². The van der Waals surface area contributed by atoms with E-state index in [9.17, 15) is 13.2 Å². The highest BCUT2D eigenvalue weighted by Crippen LogP contribution is 2.33. The Labute approximate surface area is 151 Å². The molecule has 0 spiro atoms. The third-order valence-electron chi connectivity index (χ3n) is 3.52. The first-order valence-corrected chi connectivity index (χ1v) is 8.54. The van der Waals surface area contributed by atoms with Crippen molar-refractivity contribution in [3.8, 4) is 16.3 Å². The fourth-order valence-electron chi connectivity index (χ4n) is 2.19. The molecule has 0 saturated carbocycles. The fourth-order valence-corrected chi connectivity index (χ4v) is 3.35. The van der Waals surface area contributed by atoms with Crippen LogP contribution < -0.4 is 4.74 Å². The molecule has 0 radical (unpaired) electrons. The molecule has 0 aliphatic carbocycles. The molecule has 2 nitrogen and oxygen atoms in total. The number of ether oxygens (including phenoxy) is 1. The van der Waals surface area contributed by atoms with E-state index in [1.165, 1.54) is 23.5 Å². The largest absolute Gasteiger partial charge is 0.488 e. The minimum absolute atomic E-state index is 0.324. The van der Waals surface area contributed by atoms with Crippen LogP contribution in [0.5, 0.6) is 5.75 Å². The summed E-state index contributed by atoms with van der Waals surface area (Å²) in [6.07, 6.45) is -4.34. The quantitative estimate of drug-likeness (QED) is 0.522. The second kappa shape index (κ2) is 7.06. The van der Waals surface area contributed by atoms with E-state index >= 15 is 0 Å². The minimum Gasteiger partial charge on any atom is -0.488 e. The Morgan fingerprint density at radius 1 is 1.12 bits per heavy atom. The van der Waals surface area contributed by atoms with Gasteiger partial charge in [-0.15, -0.1) is 11.3 Å². The van der Waals surface area contributed by atoms with E-state index in [1.807, 2.05) is 6.92 Å². The maximum Gasteiger partial charge on any atom is 0.416 e. The fraction of sp³-hybridized carbons (Fsp3) is 0.167. The standard InChI is InChI=1S/C18H13ClF3NOS/c1-11-16(10-24-15-4-2-3-14(19)9-15)25-17(23-11)12-5-7-13(8-6-12)18(20,21)22/h2-9H,10H2,1H3. The summed E-state index contributed by atoms with van der Waals surface area (Å²) in [6.45, 7) is 2.17. The van der Waals surface area contributed by atoms with Crippen molar-refractivity contribution in [2.75, 3.05) is 0 Å². The van der Waals surface area contributed by atoms with Gasteiger partial charge < -0.3 is 4.74 Å². The molecule has 0 aliphatic heterocycles. The van der Waals surface area contributed by atoms with Crippen molar-refractivity contribution in [2.45, 2.75) is 19.7 Å². The van der Waals surface area contributed by atoms with Gasteiger partial charge in [0, 0.05) is 10.6 Å². The molecule has 3 aromatic rings. The normalized spacial score (nSPS) is 11.6. The van der Waals surface area contributed by atoms with E-state index in [0.717, 1.165) is 22.7 Å². The van der Waals surface area contributed by atoms with Gasteiger partial charge in [0.05, 0.1) is 16.1 Å². The number of nitrogens with zero attached hydrogens (tertiary/aromatic N) is 1. The summed E-state index contributed by atoms with van der Waals surface area (Å²) < 4.78 is 43.6. The summed E-state index contributed by atoms with van der Waals surface area (Å²) in [4.78, 5) is 5.35. The lowest BCUT2D eigenvalue weighted by Gasteiger charge is -2.06. The molecule has 3 rings (SSSR count). The van der Waals surface area contributed by atoms with Crippen LogP contribution in [0.25, 0.3) is 10.6 Å². The number of thiazole rings is 1. The van der Waals surface area contributed by atoms with Crippen LogP contribution in [-0.2, 0) is 12.8 Å². The predicted octanol–water partition coefficient (Wildman–Crippen LogP) is 6.37. The first kappa shape index (κ1) is 17.8. The molecular formula is C18H13ClF3NOS. The Bertz CT molecular complexity index is 875. The van der Waals surface area contributed by atoms with Gasteiger partial charge >= 0.3 is 6.18 Å². The molecule has 2 aromatic carbocycles. The second-order valence-corrected chi connectivity index (χ2v) is 6.87. The number of rotatable bonds is 4. The van der Waals surface area contributed by atoms with Crippen molar-refractivity contribution in [1.29, 1.82) is 0 Å². The molecule has 1 heterocycles. The molecule has 0 amide bonds. The summed E-state index contributed by atoms with van der Waals surface area (Å²) in [7, 11) is 0. The summed E-state index contributed by atoms with van der Waals surface area (Å²) in [5.74, 6) is 0.649. The molecule has 0 unspecified atom stereocenters. The smallest absolute Gasteiger partial charge is 0.416 e. The average Bonchev–Trinajstić information content (AvgIpc) is 2.93. The molecule has 0 fully saturated rings. The highest BCUT2D eigenvalue weighted by molar-refractivity contribution is 7.15. The molecule has 1 aromatic heterocycles. The number of benzene rings is 2. The molecule has 25 heavy (non-hydrogen) atoms. The van der Waals surface area contributed by atoms with Crippen molar-refractivity contribution in [3.05, 3.63) is 69.7 Å². The predicted molar refractivity (Wildman–Crippen MR) is 93.1 cm³/mol. The first-order valence-electron chi connectivity index (χ1n) is 7.35. The van der Waals surface area contributed by atoms with Gasteiger partial charge in [0.15, 0.2) is 0 Å². The van der Waals surface area contributed by atoms with E-state index in [2.05, 4.69) is 4.98 Å². The van der Waals surface area contributed by atoms with Crippen LogP contribution in [0, 0.1) is 6.92 Å². The maximum absolute atomic E-state index is 12.6. The maximum atomic E-state index is 12.6. The van der Waals surface area contributed by atoms with Crippen LogP contribution in [0.1, 0.15) is 16.1 Å². The highest BCUT2D eigenvalue weighted by atomic mass is 35.5. The van der Waals surface area contributed by atoms with Crippen LogP contribution in [-0.4, -0.2) is 4.98 Å². The summed E-state index contributed by atoms with van der Waals surface area (Å²) in [5, 5.41) is 1.25. The number of hydrogen-bond acceptors (Lipinski definition) is 3. The molecule has 0 bridgehead atoms. The summed E-state index contributed by atoms with van der Waals surface area (Å²) in [5.41, 5.74) is 0.770. The zero-order valence-electron chi connectivity index (χ0n) is 13.1. The molecule has 7 heteroatoms. The number of alkyl halides is 3. The van der Waals surface area contributed by atoms with E-state index < -0.39 is 11.7 Å². The lowest BCUT2D eigenvalue weighted by Crippen LogP contribution is -2.03. The average molecular weight is 384 g/mol. The van der Waals surface area contributed by atoms with Gasteiger partial charge in [-0.2, -0.15) is 13.2 Å². The monoisotopic (exact) mass is 383 g/mol. The number of aryl methyl sites for hydroxylation is 1. The van der Waals surface area contributed by atoms with Crippen LogP contribution in [0.15, 0.2) is 48.5 Å². The number of aromatic nitrogens is 1. The van der Waals surface area contributed by atoms with Crippen LogP contribution in [0.3, 0.4) is 0 Å². The van der Waals surface area contributed by atoms with Gasteiger partial charge in [-0.05, 0) is 37.3 Å². The number of halogens is 4. The van der Waals surface area contributed by atoms with Crippen LogP contribution in [0.2, 0.25) is 5.02 Å². The van der Waals surface area contributed by atoms with E-state index in [0.29, 0.717) is 28.0 Å². The number of hydrogen-bond donors (Lipinski definition) is 0. The Kier molecular flexibility index (Phi) is 5.01. The Balaban J connectivity index is 1.76. The second-order valence-electron chi connectivity index (χ2n) is 5.35. The highest BCUT2D eigenvalue weighted by Gasteiger charge is 2.30. The zero-order chi connectivity index (χ0) is 18.0. The Hall–Kier alpha value is -2.05. The Morgan fingerprint density at radius 3 is 2.48 bits per heavy atom. The van der Waals surface area contributed by atoms with E-state index in [4.69, 9.17) is 16.3 Å². The first-order chi connectivity index (χ1) is 11.8. The molecular weight excluding hydrogens is 371 g/mol. The van der Waals surface area contributed by atoms with Gasteiger partial charge in [-0.1, -0.05) is 29.8 Å².